The van der Waals surface area contributed by atoms with Crippen LogP contribution in [0.3, 0.4) is 0 Å². The first-order chi connectivity index (χ1) is 12.0. The number of ketones is 1. The van der Waals surface area contributed by atoms with E-state index in [1.807, 2.05) is 13.8 Å². The molecule has 0 radical (unpaired) electrons. The van der Waals surface area contributed by atoms with E-state index in [4.69, 9.17) is 9.47 Å². The highest BCUT2D eigenvalue weighted by atomic mass is 16.5. The van der Waals surface area contributed by atoms with Crippen molar-refractivity contribution >= 4 is 17.8 Å². The van der Waals surface area contributed by atoms with E-state index in [0.29, 0.717) is 16.9 Å². The van der Waals surface area contributed by atoms with E-state index in [0.717, 1.165) is 0 Å². The lowest BCUT2D eigenvalue weighted by Gasteiger charge is -2.36. The fourth-order valence-corrected chi connectivity index (χ4v) is 3.47. The number of hydrogen-bond donors (Lipinski definition) is 2. The summed E-state index contributed by atoms with van der Waals surface area (Å²) in [5.74, 6) is -1.56. The Morgan fingerprint density at radius 1 is 1.31 bits per heavy atom. The van der Waals surface area contributed by atoms with Crippen LogP contribution < -0.4 is 9.47 Å². The van der Waals surface area contributed by atoms with Crippen molar-refractivity contribution < 1.29 is 29.3 Å². The van der Waals surface area contributed by atoms with Crippen molar-refractivity contribution in [3.8, 4) is 17.2 Å². The number of carboxylic acid groups (broad SMARTS) is 1. The molecule has 0 aromatic heterocycles. The molecular weight excluding hydrogens is 336 g/mol. The summed E-state index contributed by atoms with van der Waals surface area (Å²) in [5.41, 5.74) is 0.423. The molecule has 3 atom stereocenters. The molecule has 1 aromatic rings. The first-order valence-electron chi connectivity index (χ1n) is 8.77. The predicted octanol–water partition coefficient (Wildman–Crippen LogP) is 3.75. The zero-order valence-corrected chi connectivity index (χ0v) is 15.6. The van der Waals surface area contributed by atoms with E-state index >= 15 is 0 Å². The van der Waals surface area contributed by atoms with Gasteiger partial charge in [0.2, 0.25) is 0 Å². The fraction of sp³-hybridized carbons (Fsp3) is 0.500. The number of benzene rings is 1. The number of carbonyl (C=O) groups excluding carboxylic acids is 1. The van der Waals surface area contributed by atoms with Crippen LogP contribution in [0.2, 0.25) is 0 Å². The quantitative estimate of drug-likeness (QED) is 0.853. The number of aliphatic carboxylic acids is 1. The average molecular weight is 360 g/mol. The maximum Gasteiger partial charge on any atom is 0.303 e. The number of Topliss-reactive ketones (excluding diaryl/α,β-unsaturated/α-hetero) is 1. The maximum atomic E-state index is 12.8. The molecule has 2 aliphatic rings. The second-order valence-corrected chi connectivity index (χ2v) is 7.72. The van der Waals surface area contributed by atoms with Gasteiger partial charge < -0.3 is 19.7 Å². The van der Waals surface area contributed by atoms with Gasteiger partial charge in [0.25, 0.3) is 0 Å². The summed E-state index contributed by atoms with van der Waals surface area (Å²) in [7, 11) is 0. The SMILES string of the molecule is CC(CC(=O)O)c1c2c(c(O)c3c1OC(C)C(C)C3=O)C=CC(C)(C)O2. The molecule has 140 valence electrons. The second-order valence-electron chi connectivity index (χ2n) is 7.72. The molecule has 0 fully saturated rings. The molecule has 0 spiro atoms. The lowest BCUT2D eigenvalue weighted by atomic mass is 9.83. The van der Waals surface area contributed by atoms with E-state index in [9.17, 15) is 19.8 Å². The summed E-state index contributed by atoms with van der Waals surface area (Å²) in [5, 5.41) is 20.0. The number of rotatable bonds is 3. The predicted molar refractivity (Wildman–Crippen MR) is 96.1 cm³/mol. The zero-order valence-electron chi connectivity index (χ0n) is 15.6. The van der Waals surface area contributed by atoms with Crippen LogP contribution in [0.1, 0.15) is 68.4 Å². The number of hydrogen-bond acceptors (Lipinski definition) is 5. The normalized spacial score (nSPS) is 24.1. The lowest BCUT2D eigenvalue weighted by Crippen LogP contribution is -2.35. The Bertz CT molecular complexity index is 820. The number of phenolic OH excluding ortho intramolecular Hbond substituents is 1. The van der Waals surface area contributed by atoms with Crippen LogP contribution >= 0.6 is 0 Å². The van der Waals surface area contributed by atoms with Crippen molar-refractivity contribution in [1.29, 1.82) is 0 Å². The summed E-state index contributed by atoms with van der Waals surface area (Å²) in [6.07, 6.45) is 3.00. The third-order valence-electron chi connectivity index (χ3n) is 5.11. The summed E-state index contributed by atoms with van der Waals surface area (Å²) < 4.78 is 12.1. The van der Waals surface area contributed by atoms with Crippen molar-refractivity contribution in [2.75, 3.05) is 0 Å². The van der Waals surface area contributed by atoms with E-state index < -0.39 is 23.4 Å². The van der Waals surface area contributed by atoms with Gasteiger partial charge in [0, 0.05) is 5.56 Å². The highest BCUT2D eigenvalue weighted by molar-refractivity contribution is 6.06. The monoisotopic (exact) mass is 360 g/mol. The molecule has 0 saturated carbocycles. The number of fused-ring (bicyclic) bond motifs is 2. The Balaban J connectivity index is 2.32. The summed E-state index contributed by atoms with van der Waals surface area (Å²) in [6.45, 7) is 9.03. The van der Waals surface area contributed by atoms with E-state index in [-0.39, 0.29) is 35.4 Å². The van der Waals surface area contributed by atoms with Gasteiger partial charge in [0.05, 0.1) is 17.9 Å². The van der Waals surface area contributed by atoms with Gasteiger partial charge >= 0.3 is 5.97 Å². The number of carboxylic acids is 1. The van der Waals surface area contributed by atoms with Gasteiger partial charge in [0.1, 0.15) is 34.5 Å². The number of aromatic hydroxyl groups is 1. The third-order valence-corrected chi connectivity index (χ3v) is 5.11. The average Bonchev–Trinajstić information content (AvgIpc) is 2.50. The summed E-state index contributed by atoms with van der Waals surface area (Å²) in [4.78, 5) is 24.1. The van der Waals surface area contributed by atoms with Gasteiger partial charge in [-0.3, -0.25) is 9.59 Å². The van der Waals surface area contributed by atoms with Gasteiger partial charge in [-0.15, -0.1) is 0 Å². The number of phenols is 1. The largest absolute Gasteiger partial charge is 0.506 e. The molecule has 0 bridgehead atoms. The minimum Gasteiger partial charge on any atom is -0.506 e. The third kappa shape index (κ3) is 2.83. The fourth-order valence-electron chi connectivity index (χ4n) is 3.47. The van der Waals surface area contributed by atoms with Gasteiger partial charge in [-0.25, -0.2) is 0 Å². The summed E-state index contributed by atoms with van der Waals surface area (Å²) >= 11 is 0. The van der Waals surface area contributed by atoms with E-state index in [1.54, 1.807) is 32.9 Å². The topological polar surface area (TPSA) is 93.1 Å². The van der Waals surface area contributed by atoms with Gasteiger partial charge in [0.15, 0.2) is 5.78 Å². The number of ether oxygens (including phenoxy) is 2. The van der Waals surface area contributed by atoms with Gasteiger partial charge in [-0.1, -0.05) is 13.8 Å². The second kappa shape index (κ2) is 6.04. The van der Waals surface area contributed by atoms with Crippen LogP contribution in [-0.2, 0) is 4.79 Å². The molecule has 2 heterocycles. The van der Waals surface area contributed by atoms with Crippen LogP contribution in [0.4, 0.5) is 0 Å². The molecule has 3 unspecified atom stereocenters. The van der Waals surface area contributed by atoms with Crippen LogP contribution in [0.15, 0.2) is 6.08 Å². The molecule has 2 aliphatic heterocycles. The van der Waals surface area contributed by atoms with Crippen molar-refractivity contribution in [1.82, 2.24) is 0 Å². The molecule has 6 heteroatoms. The first kappa shape index (κ1) is 18.3. The van der Waals surface area contributed by atoms with Crippen molar-refractivity contribution in [2.24, 2.45) is 5.92 Å². The van der Waals surface area contributed by atoms with Crippen LogP contribution in [-0.4, -0.2) is 33.7 Å². The smallest absolute Gasteiger partial charge is 0.303 e. The Hall–Kier alpha value is -2.50. The molecule has 1 aromatic carbocycles. The molecule has 0 aliphatic carbocycles. The van der Waals surface area contributed by atoms with Gasteiger partial charge in [-0.05, 0) is 38.8 Å². The minimum atomic E-state index is -0.956. The van der Waals surface area contributed by atoms with Crippen LogP contribution in [0.5, 0.6) is 17.2 Å². The Morgan fingerprint density at radius 2 is 1.96 bits per heavy atom. The van der Waals surface area contributed by atoms with Crippen molar-refractivity contribution in [3.05, 3.63) is 22.8 Å². The minimum absolute atomic E-state index is 0.120. The molecule has 3 rings (SSSR count). The Kier molecular flexibility index (Phi) is 4.25. The van der Waals surface area contributed by atoms with E-state index in [2.05, 4.69) is 0 Å². The maximum absolute atomic E-state index is 12.8. The molecular formula is C20H24O6. The highest BCUT2D eigenvalue weighted by Gasteiger charge is 2.41. The number of carbonyl (C=O) groups is 2. The zero-order chi connectivity index (χ0) is 19.4. The van der Waals surface area contributed by atoms with Crippen molar-refractivity contribution in [2.45, 2.75) is 58.7 Å². The first-order valence-corrected chi connectivity index (χ1v) is 8.77. The highest BCUT2D eigenvalue weighted by Crippen LogP contribution is 2.52. The van der Waals surface area contributed by atoms with Crippen molar-refractivity contribution in [3.63, 3.8) is 0 Å². The van der Waals surface area contributed by atoms with Crippen LogP contribution in [0.25, 0.3) is 6.08 Å². The molecule has 26 heavy (non-hydrogen) atoms. The van der Waals surface area contributed by atoms with Gasteiger partial charge in [-0.2, -0.15) is 0 Å². The van der Waals surface area contributed by atoms with Crippen LogP contribution in [0, 0.1) is 5.92 Å². The molecule has 6 nitrogen and oxygen atoms in total. The molecule has 0 amide bonds. The lowest BCUT2D eigenvalue weighted by molar-refractivity contribution is -0.137. The molecule has 0 saturated heterocycles. The summed E-state index contributed by atoms with van der Waals surface area (Å²) in [6, 6.07) is 0. The Labute approximate surface area is 152 Å². The molecule has 2 N–H and O–H groups in total. The standard InChI is InChI=1S/C20H24O6/c1-9(8-13(21)22)14-18-12(6-7-20(4,5)26-18)17(24)15-16(23)10(2)11(3)25-19(14)15/h6-7,9-11,24H,8H2,1-5H3,(H,21,22). The Morgan fingerprint density at radius 3 is 2.58 bits per heavy atom. The van der Waals surface area contributed by atoms with E-state index in [1.165, 1.54) is 0 Å².